The fourth-order valence-electron chi connectivity index (χ4n) is 2.52. The zero-order valence-electron chi connectivity index (χ0n) is 11.4. The average Bonchev–Trinajstić information content (AvgIpc) is 2.77. The van der Waals surface area contributed by atoms with Crippen LogP contribution in [-0.2, 0) is 6.42 Å². The SMILES string of the molecule is Fc1cc(F)c2[nH]c(-c3ccc(Cl)cc3)c(CC(F)(F)F)c2c1. The molecule has 0 aliphatic rings. The number of H-pyrrole nitrogens is 1. The summed E-state index contributed by atoms with van der Waals surface area (Å²) >= 11 is 5.77. The average molecular weight is 346 g/mol. The first kappa shape index (κ1) is 15.8. The number of alkyl halides is 3. The van der Waals surface area contributed by atoms with Crippen LogP contribution in [0.25, 0.3) is 22.2 Å². The number of hydrogen-bond donors (Lipinski definition) is 1. The second-order valence-electron chi connectivity index (χ2n) is 5.09. The van der Waals surface area contributed by atoms with Crippen molar-refractivity contribution in [3.63, 3.8) is 0 Å². The summed E-state index contributed by atoms with van der Waals surface area (Å²) in [5, 5.41) is 0.296. The summed E-state index contributed by atoms with van der Waals surface area (Å²) in [5.41, 5.74) is 0.145. The van der Waals surface area contributed by atoms with Crippen molar-refractivity contribution < 1.29 is 22.0 Å². The van der Waals surface area contributed by atoms with Gasteiger partial charge in [0, 0.05) is 16.5 Å². The molecule has 0 unspecified atom stereocenters. The zero-order chi connectivity index (χ0) is 16.8. The molecule has 1 aromatic heterocycles. The number of aromatic nitrogens is 1. The highest BCUT2D eigenvalue weighted by Crippen LogP contribution is 2.36. The van der Waals surface area contributed by atoms with Crippen molar-refractivity contribution in [2.75, 3.05) is 0 Å². The van der Waals surface area contributed by atoms with E-state index in [0.29, 0.717) is 16.7 Å². The van der Waals surface area contributed by atoms with Gasteiger partial charge in [-0.2, -0.15) is 13.2 Å². The number of rotatable bonds is 2. The Balaban J connectivity index is 2.29. The molecule has 1 heterocycles. The monoisotopic (exact) mass is 345 g/mol. The molecular formula is C16H9ClF5N. The van der Waals surface area contributed by atoms with Gasteiger partial charge in [-0.1, -0.05) is 23.7 Å². The Morgan fingerprint density at radius 1 is 1.00 bits per heavy atom. The fraction of sp³-hybridized carbons (Fsp3) is 0.125. The number of halogens is 6. The first-order valence-electron chi connectivity index (χ1n) is 6.57. The van der Waals surface area contributed by atoms with E-state index in [1.54, 1.807) is 0 Å². The van der Waals surface area contributed by atoms with E-state index in [0.717, 1.165) is 6.07 Å². The molecule has 0 saturated heterocycles. The highest BCUT2D eigenvalue weighted by atomic mass is 35.5. The lowest BCUT2D eigenvalue weighted by Gasteiger charge is -2.09. The van der Waals surface area contributed by atoms with E-state index in [9.17, 15) is 22.0 Å². The number of hydrogen-bond acceptors (Lipinski definition) is 0. The molecule has 0 bridgehead atoms. The number of nitrogens with one attached hydrogen (secondary N) is 1. The topological polar surface area (TPSA) is 15.8 Å². The molecule has 0 aliphatic carbocycles. The number of benzene rings is 2. The van der Waals surface area contributed by atoms with Crippen LogP contribution in [0, 0.1) is 11.6 Å². The Kier molecular flexibility index (Phi) is 3.80. The standard InChI is InChI=1S/C16H9ClF5N/c17-9-3-1-8(2-4-9)14-12(7-16(20,21)22)11-5-10(18)6-13(19)15(11)23-14/h1-6,23H,7H2. The van der Waals surface area contributed by atoms with Crippen molar-refractivity contribution >= 4 is 22.5 Å². The van der Waals surface area contributed by atoms with Crippen molar-refractivity contribution in [1.82, 2.24) is 4.98 Å². The van der Waals surface area contributed by atoms with Crippen LogP contribution in [0.3, 0.4) is 0 Å². The van der Waals surface area contributed by atoms with Crippen LogP contribution in [0.1, 0.15) is 5.56 Å². The Bertz CT molecular complexity index is 865. The Morgan fingerprint density at radius 2 is 1.65 bits per heavy atom. The summed E-state index contributed by atoms with van der Waals surface area (Å²) in [7, 11) is 0. The Labute approximate surface area is 132 Å². The van der Waals surface area contributed by atoms with E-state index in [2.05, 4.69) is 4.98 Å². The molecule has 120 valence electrons. The Morgan fingerprint density at radius 3 is 2.26 bits per heavy atom. The molecule has 0 amide bonds. The number of aromatic amines is 1. The quantitative estimate of drug-likeness (QED) is 0.559. The second-order valence-corrected chi connectivity index (χ2v) is 5.52. The van der Waals surface area contributed by atoms with E-state index in [1.165, 1.54) is 24.3 Å². The molecule has 2 aromatic carbocycles. The molecule has 0 aliphatic heterocycles. The summed E-state index contributed by atoms with van der Waals surface area (Å²) in [6.45, 7) is 0. The van der Waals surface area contributed by atoms with E-state index in [4.69, 9.17) is 11.6 Å². The van der Waals surface area contributed by atoms with Crippen molar-refractivity contribution in [2.45, 2.75) is 12.6 Å². The highest BCUT2D eigenvalue weighted by molar-refractivity contribution is 6.30. The lowest BCUT2D eigenvalue weighted by Crippen LogP contribution is -2.12. The number of fused-ring (bicyclic) bond motifs is 1. The van der Waals surface area contributed by atoms with Gasteiger partial charge in [-0.25, -0.2) is 8.78 Å². The first-order chi connectivity index (χ1) is 10.7. The maximum Gasteiger partial charge on any atom is 0.393 e. The predicted octanol–water partition coefficient (Wildman–Crippen LogP) is 5.87. The van der Waals surface area contributed by atoms with Gasteiger partial charge in [0.05, 0.1) is 17.6 Å². The summed E-state index contributed by atoms with van der Waals surface area (Å²) in [6.07, 6.45) is -5.81. The molecule has 7 heteroatoms. The van der Waals surface area contributed by atoms with Crippen molar-refractivity contribution in [3.05, 3.63) is 58.6 Å². The minimum atomic E-state index is -4.51. The van der Waals surface area contributed by atoms with Gasteiger partial charge < -0.3 is 4.98 Å². The Hall–Kier alpha value is -2.08. The van der Waals surface area contributed by atoms with Gasteiger partial charge in [-0.05, 0) is 29.3 Å². The molecule has 3 rings (SSSR count). The summed E-state index contributed by atoms with van der Waals surface area (Å²) < 4.78 is 66.0. The van der Waals surface area contributed by atoms with Crippen LogP contribution in [-0.4, -0.2) is 11.2 Å². The summed E-state index contributed by atoms with van der Waals surface area (Å²) in [4.78, 5) is 2.63. The van der Waals surface area contributed by atoms with Crippen molar-refractivity contribution in [2.24, 2.45) is 0 Å². The minimum absolute atomic E-state index is 0.0958. The maximum atomic E-state index is 13.9. The summed E-state index contributed by atoms with van der Waals surface area (Å²) in [6, 6.07) is 7.58. The van der Waals surface area contributed by atoms with Gasteiger partial charge in [-0.15, -0.1) is 0 Å². The summed E-state index contributed by atoms with van der Waals surface area (Å²) in [5.74, 6) is -1.87. The van der Waals surface area contributed by atoms with Gasteiger partial charge in [-0.3, -0.25) is 0 Å². The molecular weight excluding hydrogens is 337 g/mol. The molecule has 0 radical (unpaired) electrons. The molecule has 0 saturated carbocycles. The fourth-order valence-corrected chi connectivity index (χ4v) is 2.65. The third-order valence-electron chi connectivity index (χ3n) is 3.44. The van der Waals surface area contributed by atoms with Crippen LogP contribution in [0.5, 0.6) is 0 Å². The highest BCUT2D eigenvalue weighted by Gasteiger charge is 2.31. The molecule has 23 heavy (non-hydrogen) atoms. The smallest absolute Gasteiger partial charge is 0.352 e. The van der Waals surface area contributed by atoms with E-state index in [-0.39, 0.29) is 22.2 Å². The molecule has 1 nitrogen and oxygen atoms in total. The van der Waals surface area contributed by atoms with Gasteiger partial charge >= 0.3 is 6.18 Å². The second kappa shape index (κ2) is 5.53. The molecule has 1 N–H and O–H groups in total. The van der Waals surface area contributed by atoms with E-state index in [1.807, 2.05) is 0 Å². The van der Waals surface area contributed by atoms with Gasteiger partial charge in [0.25, 0.3) is 0 Å². The van der Waals surface area contributed by atoms with Crippen LogP contribution in [0.2, 0.25) is 5.02 Å². The lowest BCUT2D eigenvalue weighted by molar-refractivity contribution is -0.126. The normalized spacial score (nSPS) is 12.1. The molecule has 0 spiro atoms. The van der Waals surface area contributed by atoms with E-state index >= 15 is 0 Å². The van der Waals surface area contributed by atoms with Crippen LogP contribution in [0.15, 0.2) is 36.4 Å². The largest absolute Gasteiger partial charge is 0.393 e. The predicted molar refractivity (Wildman–Crippen MR) is 78.4 cm³/mol. The molecule has 3 aromatic rings. The third kappa shape index (κ3) is 3.17. The van der Waals surface area contributed by atoms with E-state index < -0.39 is 24.2 Å². The molecule has 0 fully saturated rings. The molecule has 0 atom stereocenters. The van der Waals surface area contributed by atoms with Gasteiger partial charge in [0.2, 0.25) is 0 Å². The van der Waals surface area contributed by atoms with Crippen molar-refractivity contribution in [3.8, 4) is 11.3 Å². The van der Waals surface area contributed by atoms with Crippen molar-refractivity contribution in [1.29, 1.82) is 0 Å². The minimum Gasteiger partial charge on any atom is -0.352 e. The van der Waals surface area contributed by atoms with Crippen LogP contribution < -0.4 is 0 Å². The van der Waals surface area contributed by atoms with Crippen LogP contribution in [0.4, 0.5) is 22.0 Å². The zero-order valence-corrected chi connectivity index (χ0v) is 12.2. The van der Waals surface area contributed by atoms with Gasteiger partial charge in [0.1, 0.15) is 11.6 Å². The lowest BCUT2D eigenvalue weighted by atomic mass is 10.0. The maximum absolute atomic E-state index is 13.9. The third-order valence-corrected chi connectivity index (χ3v) is 3.69. The van der Waals surface area contributed by atoms with Crippen LogP contribution >= 0.6 is 11.6 Å². The van der Waals surface area contributed by atoms with Gasteiger partial charge in [0.15, 0.2) is 0 Å². The first-order valence-corrected chi connectivity index (χ1v) is 6.95.